The van der Waals surface area contributed by atoms with Crippen molar-refractivity contribution < 1.29 is 19.1 Å². The van der Waals surface area contributed by atoms with Crippen LogP contribution in [0.4, 0.5) is 5.82 Å². The number of fused-ring (bicyclic) bond motifs is 1. The van der Waals surface area contributed by atoms with Gasteiger partial charge in [-0.2, -0.15) is 0 Å². The predicted molar refractivity (Wildman–Crippen MR) is 147 cm³/mol. The van der Waals surface area contributed by atoms with Crippen LogP contribution in [0.2, 0.25) is 5.02 Å². The summed E-state index contributed by atoms with van der Waals surface area (Å²) in [6.07, 6.45) is 3.18. The maximum Gasteiger partial charge on any atom is 0.287 e. The number of hydrogen-bond acceptors (Lipinski definition) is 7. The van der Waals surface area contributed by atoms with Gasteiger partial charge in [0, 0.05) is 38.0 Å². The molecule has 3 aromatic rings. The van der Waals surface area contributed by atoms with Crippen LogP contribution in [0, 0.1) is 0 Å². The van der Waals surface area contributed by atoms with Gasteiger partial charge in [0.15, 0.2) is 0 Å². The van der Waals surface area contributed by atoms with Crippen LogP contribution >= 0.6 is 11.6 Å². The number of halogens is 1. The first-order valence-corrected chi connectivity index (χ1v) is 13.4. The summed E-state index contributed by atoms with van der Waals surface area (Å²) in [4.78, 5) is 37.6. The van der Waals surface area contributed by atoms with Crippen molar-refractivity contribution in [2.24, 2.45) is 0 Å². The van der Waals surface area contributed by atoms with E-state index in [0.717, 1.165) is 25.9 Å². The summed E-state index contributed by atoms with van der Waals surface area (Å²) in [5, 5.41) is 6.36. The number of amides is 2. The minimum absolute atomic E-state index is 0.0415. The summed E-state index contributed by atoms with van der Waals surface area (Å²) in [6, 6.07) is 9.22. The van der Waals surface area contributed by atoms with E-state index in [4.69, 9.17) is 21.1 Å². The molecule has 1 fully saturated rings. The number of carbonyl (C=O) groups is 2. The molecule has 2 amide bonds. The topological polar surface area (TPSA) is 111 Å². The van der Waals surface area contributed by atoms with E-state index in [0.29, 0.717) is 53.5 Å². The van der Waals surface area contributed by atoms with Gasteiger partial charge >= 0.3 is 0 Å². The summed E-state index contributed by atoms with van der Waals surface area (Å²) in [5.41, 5.74) is 1.14. The number of nitrogens with zero attached hydrogens (tertiary/aromatic N) is 4. The van der Waals surface area contributed by atoms with Gasteiger partial charge in [-0.3, -0.25) is 9.59 Å². The number of rotatable bonds is 11. The zero-order valence-electron chi connectivity index (χ0n) is 22.1. The van der Waals surface area contributed by atoms with Crippen LogP contribution in [0.25, 0.3) is 11.0 Å². The summed E-state index contributed by atoms with van der Waals surface area (Å²) < 4.78 is 12.9. The highest BCUT2D eigenvalue weighted by Crippen LogP contribution is 2.27. The number of likely N-dealkylation sites (tertiary alicyclic amines) is 1. The average molecular weight is 543 g/mol. The molecule has 0 unspecified atom stereocenters. The fourth-order valence-electron chi connectivity index (χ4n) is 4.51. The molecule has 204 valence electrons. The Balaban J connectivity index is 1.57. The van der Waals surface area contributed by atoms with Crippen molar-refractivity contribution in [3.05, 3.63) is 47.4 Å². The van der Waals surface area contributed by atoms with Gasteiger partial charge in [-0.1, -0.05) is 17.7 Å². The van der Waals surface area contributed by atoms with E-state index in [-0.39, 0.29) is 30.2 Å². The van der Waals surface area contributed by atoms with Crippen molar-refractivity contribution in [3.63, 3.8) is 0 Å². The SMILES string of the molecule is CCOCCOc1cccc2c1nc(C(=O)NC1CCN(C(C)C)CC1)n2CC(=O)Nc1ccc(Cl)cn1. The Kier molecular flexibility index (Phi) is 9.54. The number of piperidine rings is 1. The molecule has 0 spiro atoms. The third kappa shape index (κ3) is 7.00. The molecule has 10 nitrogen and oxygen atoms in total. The lowest BCUT2D eigenvalue weighted by atomic mass is 10.0. The van der Waals surface area contributed by atoms with E-state index in [1.165, 1.54) is 6.20 Å². The molecule has 0 saturated carbocycles. The Hall–Kier alpha value is -3.21. The van der Waals surface area contributed by atoms with E-state index in [2.05, 4.69) is 39.3 Å². The Morgan fingerprint density at radius 1 is 1.16 bits per heavy atom. The van der Waals surface area contributed by atoms with Crippen molar-refractivity contribution in [2.45, 2.75) is 52.2 Å². The highest BCUT2D eigenvalue weighted by molar-refractivity contribution is 6.30. The van der Waals surface area contributed by atoms with Gasteiger partial charge in [-0.15, -0.1) is 0 Å². The summed E-state index contributed by atoms with van der Waals surface area (Å²) in [7, 11) is 0. The molecule has 3 heterocycles. The third-order valence-corrected chi connectivity index (χ3v) is 6.75. The standard InChI is InChI=1S/C27H35ClN6O4/c1-4-37-14-15-38-22-7-5-6-21-25(22)32-26(27(36)30-20-10-12-33(13-11-20)18(2)3)34(21)17-24(35)31-23-9-8-19(28)16-29-23/h5-9,16,18,20H,4,10-15,17H2,1-3H3,(H,30,36)(H,29,31,35). The molecule has 2 N–H and O–H groups in total. The third-order valence-electron chi connectivity index (χ3n) is 6.53. The first-order valence-electron chi connectivity index (χ1n) is 13.0. The monoisotopic (exact) mass is 542 g/mol. The molecule has 0 radical (unpaired) electrons. The van der Waals surface area contributed by atoms with Gasteiger partial charge in [0.1, 0.15) is 30.2 Å². The summed E-state index contributed by atoms with van der Waals surface area (Å²) in [5.74, 6) is 0.390. The summed E-state index contributed by atoms with van der Waals surface area (Å²) in [6.45, 7) is 9.38. The van der Waals surface area contributed by atoms with Crippen LogP contribution in [0.15, 0.2) is 36.5 Å². The maximum absolute atomic E-state index is 13.5. The Morgan fingerprint density at radius 2 is 1.95 bits per heavy atom. The predicted octanol–water partition coefficient (Wildman–Crippen LogP) is 3.74. The molecule has 1 aliphatic rings. The molecule has 11 heteroatoms. The fourth-order valence-corrected chi connectivity index (χ4v) is 4.62. The minimum atomic E-state index is -0.346. The minimum Gasteiger partial charge on any atom is -0.489 e. The van der Waals surface area contributed by atoms with E-state index in [1.54, 1.807) is 22.8 Å². The Morgan fingerprint density at radius 3 is 2.63 bits per heavy atom. The molecule has 0 atom stereocenters. The number of para-hydroxylation sites is 1. The molecule has 2 aromatic heterocycles. The van der Waals surface area contributed by atoms with Crippen molar-refractivity contribution in [3.8, 4) is 5.75 Å². The van der Waals surface area contributed by atoms with Gasteiger partial charge in [0.2, 0.25) is 11.7 Å². The molecule has 0 bridgehead atoms. The second-order valence-corrected chi connectivity index (χ2v) is 9.91. The molecule has 38 heavy (non-hydrogen) atoms. The van der Waals surface area contributed by atoms with E-state index in [1.807, 2.05) is 19.1 Å². The van der Waals surface area contributed by atoms with Crippen molar-refractivity contribution >= 4 is 40.3 Å². The van der Waals surface area contributed by atoms with Crippen molar-refractivity contribution in [2.75, 3.05) is 38.2 Å². The van der Waals surface area contributed by atoms with Crippen LogP contribution in [0.1, 0.15) is 44.2 Å². The highest BCUT2D eigenvalue weighted by Gasteiger charge is 2.26. The maximum atomic E-state index is 13.5. The molecule has 0 aliphatic carbocycles. The zero-order chi connectivity index (χ0) is 27.1. The number of anilines is 1. The first kappa shape index (κ1) is 27.8. The Labute approximate surface area is 227 Å². The highest BCUT2D eigenvalue weighted by atomic mass is 35.5. The van der Waals surface area contributed by atoms with Gasteiger partial charge in [-0.25, -0.2) is 9.97 Å². The fraction of sp³-hybridized carbons (Fsp3) is 0.481. The lowest BCUT2D eigenvalue weighted by Crippen LogP contribution is -2.47. The quantitative estimate of drug-likeness (QED) is 0.355. The number of imidazole rings is 1. The lowest BCUT2D eigenvalue weighted by molar-refractivity contribution is -0.116. The second kappa shape index (κ2) is 13.0. The van der Waals surface area contributed by atoms with Crippen LogP contribution in [0.3, 0.4) is 0 Å². The van der Waals surface area contributed by atoms with Crippen molar-refractivity contribution in [1.82, 2.24) is 24.8 Å². The Bertz CT molecular complexity index is 1240. The number of ether oxygens (including phenoxy) is 2. The van der Waals surface area contributed by atoms with Crippen LogP contribution in [-0.2, 0) is 16.1 Å². The summed E-state index contributed by atoms with van der Waals surface area (Å²) >= 11 is 5.90. The van der Waals surface area contributed by atoms with Gasteiger partial charge in [0.25, 0.3) is 5.91 Å². The van der Waals surface area contributed by atoms with Gasteiger partial charge in [-0.05, 0) is 57.9 Å². The normalized spacial score (nSPS) is 14.7. The number of aromatic nitrogens is 3. The number of hydrogen-bond donors (Lipinski definition) is 2. The van der Waals surface area contributed by atoms with Crippen LogP contribution < -0.4 is 15.4 Å². The second-order valence-electron chi connectivity index (χ2n) is 9.48. The van der Waals surface area contributed by atoms with Crippen LogP contribution in [-0.4, -0.2) is 76.2 Å². The molecular weight excluding hydrogens is 508 g/mol. The van der Waals surface area contributed by atoms with E-state index < -0.39 is 0 Å². The molecular formula is C27H35ClN6O4. The van der Waals surface area contributed by atoms with E-state index in [9.17, 15) is 9.59 Å². The van der Waals surface area contributed by atoms with Crippen molar-refractivity contribution in [1.29, 1.82) is 0 Å². The number of nitrogens with one attached hydrogen (secondary N) is 2. The number of carbonyl (C=O) groups excluding carboxylic acids is 2. The number of pyridine rings is 1. The lowest BCUT2D eigenvalue weighted by Gasteiger charge is -2.34. The smallest absolute Gasteiger partial charge is 0.287 e. The van der Waals surface area contributed by atoms with Crippen LogP contribution in [0.5, 0.6) is 5.75 Å². The van der Waals surface area contributed by atoms with E-state index >= 15 is 0 Å². The zero-order valence-corrected chi connectivity index (χ0v) is 22.8. The number of benzene rings is 1. The average Bonchev–Trinajstić information content (AvgIpc) is 3.27. The molecule has 4 rings (SSSR count). The molecule has 1 aliphatic heterocycles. The van der Waals surface area contributed by atoms with Gasteiger partial charge < -0.3 is 29.6 Å². The largest absolute Gasteiger partial charge is 0.489 e. The first-order chi connectivity index (χ1) is 18.4. The molecule has 1 aromatic carbocycles. The van der Waals surface area contributed by atoms with Gasteiger partial charge in [0.05, 0.1) is 17.1 Å². The molecule has 1 saturated heterocycles.